The van der Waals surface area contributed by atoms with E-state index in [-0.39, 0.29) is 29.8 Å². The molecule has 1 aromatic heterocycles. The molecule has 0 aliphatic carbocycles. The Morgan fingerprint density at radius 2 is 2.24 bits per heavy atom. The predicted molar refractivity (Wildman–Crippen MR) is 81.1 cm³/mol. The third-order valence-corrected chi connectivity index (χ3v) is 5.50. The lowest BCUT2D eigenvalue weighted by Crippen LogP contribution is -2.63. The molecule has 0 saturated carbocycles. The summed E-state index contributed by atoms with van der Waals surface area (Å²) in [5.74, 6) is 0.428. The van der Waals surface area contributed by atoms with Crippen LogP contribution < -0.4 is 0 Å². The topological polar surface area (TPSA) is 53.5 Å². The van der Waals surface area contributed by atoms with Gasteiger partial charge in [0.05, 0.1) is 5.01 Å². The van der Waals surface area contributed by atoms with Gasteiger partial charge in [-0.2, -0.15) is 0 Å². The molecule has 21 heavy (non-hydrogen) atoms. The molecule has 0 spiro atoms. The van der Waals surface area contributed by atoms with Crippen LogP contribution in [-0.4, -0.2) is 51.8 Å². The van der Waals surface area contributed by atoms with Crippen molar-refractivity contribution in [3.8, 4) is 0 Å². The van der Waals surface area contributed by atoms with Gasteiger partial charge in [0.2, 0.25) is 11.8 Å². The number of carbonyl (C=O) groups is 2. The van der Waals surface area contributed by atoms with Gasteiger partial charge in [0.15, 0.2) is 0 Å². The van der Waals surface area contributed by atoms with Gasteiger partial charge in [-0.05, 0) is 19.3 Å². The summed E-state index contributed by atoms with van der Waals surface area (Å²) in [6.07, 6.45) is 4.21. The molecule has 3 heterocycles. The summed E-state index contributed by atoms with van der Waals surface area (Å²) in [6.45, 7) is 5.38. The maximum absolute atomic E-state index is 12.7. The minimum absolute atomic E-state index is 0.127. The Balaban J connectivity index is 1.81. The highest BCUT2D eigenvalue weighted by Gasteiger charge is 2.47. The van der Waals surface area contributed by atoms with Crippen molar-refractivity contribution in [1.29, 1.82) is 0 Å². The summed E-state index contributed by atoms with van der Waals surface area (Å²) in [4.78, 5) is 33.3. The van der Waals surface area contributed by atoms with Crippen molar-refractivity contribution in [2.45, 2.75) is 51.1 Å². The van der Waals surface area contributed by atoms with Crippen molar-refractivity contribution in [2.75, 3.05) is 13.1 Å². The van der Waals surface area contributed by atoms with E-state index in [1.807, 2.05) is 12.3 Å². The quantitative estimate of drug-likeness (QED) is 0.853. The predicted octanol–water partition coefficient (Wildman–Crippen LogP) is 1.86. The Kier molecular flexibility index (Phi) is 3.97. The Hall–Kier alpha value is -1.43. The first-order valence-corrected chi connectivity index (χ1v) is 8.51. The van der Waals surface area contributed by atoms with Crippen molar-refractivity contribution in [3.05, 3.63) is 16.6 Å². The fourth-order valence-electron chi connectivity index (χ4n) is 3.42. The monoisotopic (exact) mass is 307 g/mol. The van der Waals surface area contributed by atoms with Crippen LogP contribution in [0.1, 0.15) is 44.0 Å². The zero-order valence-corrected chi connectivity index (χ0v) is 13.3. The molecule has 2 fully saturated rings. The van der Waals surface area contributed by atoms with Crippen LogP contribution in [0.25, 0.3) is 0 Å². The Labute approximate surface area is 129 Å². The highest BCUT2D eigenvalue weighted by atomic mass is 32.1. The van der Waals surface area contributed by atoms with Crippen LogP contribution >= 0.6 is 11.3 Å². The van der Waals surface area contributed by atoms with Gasteiger partial charge in [0.1, 0.15) is 12.1 Å². The van der Waals surface area contributed by atoms with Crippen LogP contribution in [-0.2, 0) is 9.59 Å². The number of hydrogen-bond donors (Lipinski definition) is 0. The van der Waals surface area contributed by atoms with Crippen molar-refractivity contribution >= 4 is 23.2 Å². The lowest BCUT2D eigenvalue weighted by molar-refractivity contribution is -0.159. The summed E-state index contributed by atoms with van der Waals surface area (Å²) in [5, 5.41) is 2.98. The number of hydrogen-bond acceptors (Lipinski definition) is 4. The van der Waals surface area contributed by atoms with Crippen molar-refractivity contribution in [2.24, 2.45) is 0 Å². The fraction of sp³-hybridized carbons (Fsp3) is 0.667. The van der Waals surface area contributed by atoms with Crippen LogP contribution in [0.3, 0.4) is 0 Å². The molecule has 0 radical (unpaired) electrons. The van der Waals surface area contributed by atoms with E-state index in [4.69, 9.17) is 0 Å². The number of piperazine rings is 1. The highest BCUT2D eigenvalue weighted by Crippen LogP contribution is 2.30. The van der Waals surface area contributed by atoms with Crippen LogP contribution in [0, 0.1) is 0 Å². The van der Waals surface area contributed by atoms with E-state index in [9.17, 15) is 9.59 Å². The average molecular weight is 307 g/mol. The molecule has 3 unspecified atom stereocenters. The Morgan fingerprint density at radius 1 is 1.43 bits per heavy atom. The largest absolute Gasteiger partial charge is 0.329 e. The first kappa shape index (κ1) is 14.5. The van der Waals surface area contributed by atoms with Crippen LogP contribution in [0.2, 0.25) is 0 Å². The molecule has 3 rings (SSSR count). The standard InChI is InChI=1S/C15H21N3O2S/c1-3-11-14(19)17-7-4-5-12(17)15(20)18(11)9-10(2)13-16-6-8-21-13/h6,8,10-12H,3-5,7,9H2,1-2H3. The van der Waals surface area contributed by atoms with E-state index in [0.29, 0.717) is 13.0 Å². The molecule has 1 aromatic rings. The van der Waals surface area contributed by atoms with Crippen molar-refractivity contribution in [1.82, 2.24) is 14.8 Å². The Morgan fingerprint density at radius 3 is 2.90 bits per heavy atom. The molecule has 114 valence electrons. The van der Waals surface area contributed by atoms with Gasteiger partial charge >= 0.3 is 0 Å². The number of rotatable bonds is 4. The number of carbonyl (C=O) groups excluding carboxylic acids is 2. The second-order valence-corrected chi connectivity index (χ2v) is 6.80. The van der Waals surface area contributed by atoms with E-state index >= 15 is 0 Å². The van der Waals surface area contributed by atoms with E-state index in [1.165, 1.54) is 0 Å². The zero-order valence-electron chi connectivity index (χ0n) is 12.5. The van der Waals surface area contributed by atoms with Gasteiger partial charge in [-0.1, -0.05) is 13.8 Å². The summed E-state index contributed by atoms with van der Waals surface area (Å²) in [6, 6.07) is -0.516. The second-order valence-electron chi connectivity index (χ2n) is 5.88. The fourth-order valence-corrected chi connectivity index (χ4v) is 4.11. The van der Waals surface area contributed by atoms with Crippen LogP contribution in [0.4, 0.5) is 0 Å². The second kappa shape index (κ2) is 5.75. The van der Waals surface area contributed by atoms with Gasteiger partial charge in [0, 0.05) is 30.6 Å². The molecule has 5 nitrogen and oxygen atoms in total. The smallest absolute Gasteiger partial charge is 0.246 e. The van der Waals surface area contributed by atoms with Crippen molar-refractivity contribution < 1.29 is 9.59 Å². The maximum Gasteiger partial charge on any atom is 0.246 e. The van der Waals surface area contributed by atoms with Gasteiger partial charge in [-0.15, -0.1) is 11.3 Å². The minimum Gasteiger partial charge on any atom is -0.329 e. The molecule has 2 aliphatic rings. The van der Waals surface area contributed by atoms with E-state index < -0.39 is 0 Å². The van der Waals surface area contributed by atoms with E-state index in [2.05, 4.69) is 11.9 Å². The third-order valence-electron chi connectivity index (χ3n) is 4.50. The SMILES string of the molecule is CCC1C(=O)N2CCCC2C(=O)N1CC(C)c1nccs1. The average Bonchev–Trinajstić information content (AvgIpc) is 3.15. The molecule has 2 amide bonds. The van der Waals surface area contributed by atoms with Crippen LogP contribution in [0.5, 0.6) is 0 Å². The van der Waals surface area contributed by atoms with Crippen LogP contribution in [0.15, 0.2) is 11.6 Å². The molecule has 0 aromatic carbocycles. The summed E-state index contributed by atoms with van der Waals surface area (Å²) in [5.41, 5.74) is 0. The molecule has 2 saturated heterocycles. The third kappa shape index (κ3) is 2.46. The molecule has 0 bridgehead atoms. The number of nitrogens with zero attached hydrogens (tertiary/aromatic N) is 3. The molecule has 2 aliphatic heterocycles. The highest BCUT2D eigenvalue weighted by molar-refractivity contribution is 7.09. The van der Waals surface area contributed by atoms with Gasteiger partial charge in [0.25, 0.3) is 0 Å². The lowest BCUT2D eigenvalue weighted by Gasteiger charge is -2.42. The lowest BCUT2D eigenvalue weighted by atomic mass is 10.0. The van der Waals surface area contributed by atoms with Gasteiger partial charge in [-0.25, -0.2) is 4.98 Å². The van der Waals surface area contributed by atoms with Gasteiger partial charge < -0.3 is 9.80 Å². The maximum atomic E-state index is 12.7. The molecular weight excluding hydrogens is 286 g/mol. The summed E-state index contributed by atoms with van der Waals surface area (Å²) >= 11 is 1.61. The first-order valence-electron chi connectivity index (χ1n) is 7.63. The summed E-state index contributed by atoms with van der Waals surface area (Å²) in [7, 11) is 0. The molecule has 3 atom stereocenters. The van der Waals surface area contributed by atoms with E-state index in [0.717, 1.165) is 24.4 Å². The Bertz CT molecular complexity index is 531. The molecular formula is C15H21N3O2S. The number of thiazole rings is 1. The zero-order chi connectivity index (χ0) is 15.0. The molecule has 6 heteroatoms. The minimum atomic E-state index is -0.297. The number of fused-ring (bicyclic) bond motifs is 1. The van der Waals surface area contributed by atoms with Crippen molar-refractivity contribution in [3.63, 3.8) is 0 Å². The first-order chi connectivity index (χ1) is 10.1. The van der Waals surface area contributed by atoms with E-state index in [1.54, 1.807) is 27.3 Å². The molecule has 0 N–H and O–H groups in total. The number of aromatic nitrogens is 1. The number of amides is 2. The summed E-state index contributed by atoms with van der Waals surface area (Å²) < 4.78 is 0. The normalized spacial score (nSPS) is 27.1. The van der Waals surface area contributed by atoms with Gasteiger partial charge in [-0.3, -0.25) is 9.59 Å².